The average Bonchev–Trinajstić information content (AvgIpc) is 3.05. The van der Waals surface area contributed by atoms with Crippen LogP contribution in [-0.2, 0) is 0 Å². The average molecular weight is 352 g/mol. The summed E-state index contributed by atoms with van der Waals surface area (Å²) in [4.78, 5) is 10.2. The number of ether oxygens (including phenoxy) is 1. The Morgan fingerprint density at radius 3 is 2.73 bits per heavy atom. The number of hydrogen-bond donors (Lipinski definition) is 1. The highest BCUT2D eigenvalue weighted by Gasteiger charge is 2.12. The number of nitrogens with zero attached hydrogens (tertiary/aromatic N) is 2. The van der Waals surface area contributed by atoms with Gasteiger partial charge in [-0.3, -0.25) is 0 Å². The predicted octanol–water partition coefficient (Wildman–Crippen LogP) is 5.29. The number of thiazole rings is 2. The monoisotopic (exact) mass is 351 g/mol. The van der Waals surface area contributed by atoms with E-state index in [1.807, 2.05) is 31.4 Å². The summed E-state index contributed by atoms with van der Waals surface area (Å²) in [6.45, 7) is 4.01. The number of anilines is 2. The maximum absolute atomic E-state index is 6.05. The number of rotatable bonds is 4. The summed E-state index contributed by atoms with van der Waals surface area (Å²) in [6, 6.07) is 5.45. The molecule has 0 unspecified atom stereocenters. The molecule has 2 aromatic heterocycles. The fraction of sp³-hybridized carbons (Fsp3) is 0.200. The zero-order valence-electron chi connectivity index (χ0n) is 12.3. The lowest BCUT2D eigenvalue weighted by Crippen LogP contribution is -1.94. The van der Waals surface area contributed by atoms with Crippen LogP contribution < -0.4 is 10.1 Å². The number of halogens is 1. The molecule has 22 heavy (non-hydrogen) atoms. The maximum atomic E-state index is 6.05. The Morgan fingerprint density at radius 2 is 2.05 bits per heavy atom. The fourth-order valence-electron chi connectivity index (χ4n) is 2.10. The summed E-state index contributed by atoms with van der Waals surface area (Å²) in [5, 5.41) is 7.78. The van der Waals surface area contributed by atoms with E-state index in [9.17, 15) is 0 Å². The van der Waals surface area contributed by atoms with Crippen LogP contribution in [0.3, 0.4) is 0 Å². The summed E-state index contributed by atoms with van der Waals surface area (Å²) < 4.78 is 5.33. The van der Waals surface area contributed by atoms with Crippen LogP contribution in [0, 0.1) is 13.8 Å². The lowest BCUT2D eigenvalue weighted by atomic mass is 10.3. The third kappa shape index (κ3) is 3.09. The van der Waals surface area contributed by atoms with Gasteiger partial charge in [-0.2, -0.15) is 0 Å². The second kappa shape index (κ2) is 6.24. The highest BCUT2D eigenvalue weighted by molar-refractivity contribution is 7.16. The van der Waals surface area contributed by atoms with Crippen molar-refractivity contribution in [3.63, 3.8) is 0 Å². The molecule has 1 aromatic carbocycles. The van der Waals surface area contributed by atoms with E-state index < -0.39 is 0 Å². The summed E-state index contributed by atoms with van der Waals surface area (Å²) >= 11 is 9.24. The largest absolute Gasteiger partial charge is 0.495 e. The third-order valence-corrected chi connectivity index (χ3v) is 5.13. The van der Waals surface area contributed by atoms with Crippen LogP contribution in [0.5, 0.6) is 5.75 Å². The van der Waals surface area contributed by atoms with Gasteiger partial charge in [0.2, 0.25) is 0 Å². The Bertz CT molecular complexity index is 813. The van der Waals surface area contributed by atoms with Crippen molar-refractivity contribution in [2.24, 2.45) is 0 Å². The van der Waals surface area contributed by atoms with E-state index in [0.717, 1.165) is 37.8 Å². The normalized spacial score (nSPS) is 10.7. The molecule has 0 fully saturated rings. The Hall–Kier alpha value is -1.63. The Balaban J connectivity index is 1.89. The molecule has 3 aromatic rings. The SMILES string of the molecule is COc1ccc(Cl)cc1Nc1nc(-c2sc(C)nc2C)cs1. The number of nitrogens with one attached hydrogen (secondary N) is 1. The quantitative estimate of drug-likeness (QED) is 0.693. The Labute approximate surface area is 141 Å². The van der Waals surface area contributed by atoms with Crippen molar-refractivity contribution in [1.29, 1.82) is 0 Å². The molecular weight excluding hydrogens is 338 g/mol. The van der Waals surface area contributed by atoms with E-state index in [1.165, 1.54) is 0 Å². The molecule has 114 valence electrons. The molecule has 3 rings (SSSR count). The van der Waals surface area contributed by atoms with Gasteiger partial charge in [-0.05, 0) is 32.0 Å². The van der Waals surface area contributed by atoms with Gasteiger partial charge in [-0.1, -0.05) is 11.6 Å². The van der Waals surface area contributed by atoms with E-state index in [4.69, 9.17) is 16.3 Å². The van der Waals surface area contributed by atoms with Gasteiger partial charge < -0.3 is 10.1 Å². The van der Waals surface area contributed by atoms with E-state index >= 15 is 0 Å². The van der Waals surface area contributed by atoms with Gasteiger partial charge in [0.1, 0.15) is 5.75 Å². The van der Waals surface area contributed by atoms with Crippen molar-refractivity contribution in [2.45, 2.75) is 13.8 Å². The number of benzene rings is 1. The highest BCUT2D eigenvalue weighted by Crippen LogP contribution is 2.35. The molecule has 0 amide bonds. The van der Waals surface area contributed by atoms with Crippen LogP contribution in [0.1, 0.15) is 10.7 Å². The number of aromatic nitrogens is 2. The number of hydrogen-bond acceptors (Lipinski definition) is 6. The standard InChI is InChI=1S/C15H14ClN3OS2/c1-8-14(22-9(2)17-8)12-7-21-15(19-12)18-11-6-10(16)4-5-13(11)20-3/h4-7H,1-3H3,(H,18,19). The lowest BCUT2D eigenvalue weighted by molar-refractivity contribution is 0.417. The summed E-state index contributed by atoms with van der Waals surface area (Å²) in [6.07, 6.45) is 0. The first-order valence-electron chi connectivity index (χ1n) is 6.57. The van der Waals surface area contributed by atoms with E-state index in [2.05, 4.69) is 15.3 Å². The van der Waals surface area contributed by atoms with E-state index in [0.29, 0.717) is 5.02 Å². The first-order chi connectivity index (χ1) is 10.6. The topological polar surface area (TPSA) is 47.0 Å². The van der Waals surface area contributed by atoms with Gasteiger partial charge >= 0.3 is 0 Å². The second-order valence-electron chi connectivity index (χ2n) is 4.65. The second-order valence-corrected chi connectivity index (χ2v) is 7.15. The molecule has 0 aliphatic rings. The molecular formula is C15H14ClN3OS2. The van der Waals surface area contributed by atoms with Crippen LogP contribution in [0.25, 0.3) is 10.6 Å². The summed E-state index contributed by atoms with van der Waals surface area (Å²) in [7, 11) is 1.63. The molecule has 0 bridgehead atoms. The summed E-state index contributed by atoms with van der Waals surface area (Å²) in [5.74, 6) is 0.728. The van der Waals surface area contributed by atoms with Gasteiger partial charge in [-0.25, -0.2) is 9.97 Å². The molecule has 2 heterocycles. The van der Waals surface area contributed by atoms with Crippen LogP contribution in [0.2, 0.25) is 5.02 Å². The zero-order chi connectivity index (χ0) is 15.7. The molecule has 0 aliphatic heterocycles. The Morgan fingerprint density at radius 1 is 1.23 bits per heavy atom. The zero-order valence-corrected chi connectivity index (χ0v) is 14.7. The molecule has 4 nitrogen and oxygen atoms in total. The third-order valence-electron chi connectivity index (χ3n) is 3.04. The first-order valence-corrected chi connectivity index (χ1v) is 8.64. The van der Waals surface area contributed by atoms with Crippen LogP contribution >= 0.6 is 34.3 Å². The molecule has 0 saturated carbocycles. The van der Waals surface area contributed by atoms with Gasteiger partial charge in [0.25, 0.3) is 0 Å². The van der Waals surface area contributed by atoms with Crippen LogP contribution in [-0.4, -0.2) is 17.1 Å². The molecule has 0 radical (unpaired) electrons. The minimum absolute atomic E-state index is 0.647. The van der Waals surface area contributed by atoms with Crippen molar-refractivity contribution < 1.29 is 4.74 Å². The molecule has 1 N–H and O–H groups in total. The van der Waals surface area contributed by atoms with Crippen molar-refractivity contribution >= 4 is 45.1 Å². The van der Waals surface area contributed by atoms with Crippen molar-refractivity contribution in [3.8, 4) is 16.3 Å². The van der Waals surface area contributed by atoms with Gasteiger partial charge in [-0.15, -0.1) is 22.7 Å². The molecule has 0 atom stereocenters. The summed E-state index contributed by atoms with van der Waals surface area (Å²) in [5.41, 5.74) is 2.75. The van der Waals surface area contributed by atoms with Crippen LogP contribution in [0.15, 0.2) is 23.6 Å². The number of aryl methyl sites for hydroxylation is 2. The number of methoxy groups -OCH3 is 1. The van der Waals surface area contributed by atoms with Gasteiger partial charge in [0.05, 0.1) is 34.1 Å². The van der Waals surface area contributed by atoms with Gasteiger partial charge in [0, 0.05) is 10.4 Å². The molecule has 0 saturated heterocycles. The molecule has 0 spiro atoms. The minimum Gasteiger partial charge on any atom is -0.495 e. The van der Waals surface area contributed by atoms with E-state index in [-0.39, 0.29) is 0 Å². The maximum Gasteiger partial charge on any atom is 0.187 e. The van der Waals surface area contributed by atoms with Crippen molar-refractivity contribution in [3.05, 3.63) is 39.3 Å². The Kier molecular flexibility index (Phi) is 4.33. The van der Waals surface area contributed by atoms with Crippen molar-refractivity contribution in [2.75, 3.05) is 12.4 Å². The minimum atomic E-state index is 0.647. The smallest absolute Gasteiger partial charge is 0.187 e. The van der Waals surface area contributed by atoms with E-state index in [1.54, 1.807) is 35.8 Å². The first kappa shape index (κ1) is 15.3. The van der Waals surface area contributed by atoms with Crippen molar-refractivity contribution in [1.82, 2.24) is 9.97 Å². The fourth-order valence-corrected chi connectivity index (χ4v) is 3.94. The molecule has 7 heteroatoms. The van der Waals surface area contributed by atoms with Crippen LogP contribution in [0.4, 0.5) is 10.8 Å². The van der Waals surface area contributed by atoms with Gasteiger partial charge in [0.15, 0.2) is 5.13 Å². The predicted molar refractivity (Wildman–Crippen MR) is 94.0 cm³/mol. The lowest BCUT2D eigenvalue weighted by Gasteiger charge is -2.09. The highest BCUT2D eigenvalue weighted by atomic mass is 35.5. The molecule has 0 aliphatic carbocycles.